The van der Waals surface area contributed by atoms with Gasteiger partial charge in [-0.2, -0.15) is 0 Å². The van der Waals surface area contributed by atoms with Crippen LogP contribution >= 0.6 is 11.3 Å². The van der Waals surface area contributed by atoms with Crippen LogP contribution in [0.4, 0.5) is 0 Å². The van der Waals surface area contributed by atoms with E-state index in [4.69, 9.17) is 0 Å². The average molecular weight is 334 g/mol. The van der Waals surface area contributed by atoms with E-state index in [1.54, 1.807) is 11.3 Å². The molecular formula is C15H18N4O3S. The lowest BCUT2D eigenvalue weighted by molar-refractivity contribution is -0.141. The number of fused-ring (bicyclic) bond motifs is 3. The SMILES string of the molecule is COC(=O)Cn1nc2c3c(C)c(C)sc3nc(C(C)C)n2c1=O. The molecular weight excluding hydrogens is 316 g/mol. The number of carbonyl (C=O) groups is 1. The summed E-state index contributed by atoms with van der Waals surface area (Å²) in [6.07, 6.45) is 0. The topological polar surface area (TPSA) is 78.5 Å². The summed E-state index contributed by atoms with van der Waals surface area (Å²) in [6, 6.07) is 0. The van der Waals surface area contributed by atoms with Gasteiger partial charge in [-0.15, -0.1) is 16.4 Å². The first kappa shape index (κ1) is 15.7. The van der Waals surface area contributed by atoms with Crippen LogP contribution in [0.25, 0.3) is 15.9 Å². The van der Waals surface area contributed by atoms with Crippen LogP contribution in [0.15, 0.2) is 4.79 Å². The number of aryl methyl sites for hydroxylation is 2. The Kier molecular flexibility index (Phi) is 3.71. The fraction of sp³-hybridized carbons (Fsp3) is 0.467. The van der Waals surface area contributed by atoms with Crippen LogP contribution < -0.4 is 5.69 Å². The van der Waals surface area contributed by atoms with Crippen molar-refractivity contribution in [3.05, 3.63) is 26.7 Å². The first-order valence-electron chi connectivity index (χ1n) is 7.31. The van der Waals surface area contributed by atoms with Crippen LogP contribution in [0, 0.1) is 13.8 Å². The third-order valence-electron chi connectivity index (χ3n) is 3.90. The number of rotatable bonds is 3. The second-order valence-corrected chi connectivity index (χ2v) is 6.97. The molecule has 7 nitrogen and oxygen atoms in total. The van der Waals surface area contributed by atoms with Crippen LogP contribution in [-0.4, -0.2) is 32.2 Å². The van der Waals surface area contributed by atoms with Gasteiger partial charge in [-0.05, 0) is 19.4 Å². The summed E-state index contributed by atoms with van der Waals surface area (Å²) in [5.41, 5.74) is 1.24. The summed E-state index contributed by atoms with van der Waals surface area (Å²) in [4.78, 5) is 30.9. The molecule has 3 aromatic rings. The zero-order valence-corrected chi connectivity index (χ0v) is 14.5. The molecule has 0 N–H and O–H groups in total. The molecule has 122 valence electrons. The molecule has 3 heterocycles. The van der Waals surface area contributed by atoms with Gasteiger partial charge < -0.3 is 4.74 Å². The predicted octanol–water partition coefficient (Wildman–Crippen LogP) is 2.02. The fourth-order valence-electron chi connectivity index (χ4n) is 2.56. The monoisotopic (exact) mass is 334 g/mol. The summed E-state index contributed by atoms with van der Waals surface area (Å²) < 4.78 is 7.29. The van der Waals surface area contributed by atoms with E-state index in [0.717, 1.165) is 25.3 Å². The van der Waals surface area contributed by atoms with Crippen molar-refractivity contribution < 1.29 is 9.53 Å². The molecule has 0 saturated carbocycles. The van der Waals surface area contributed by atoms with Gasteiger partial charge in [0.05, 0.1) is 12.5 Å². The minimum atomic E-state index is -0.510. The largest absolute Gasteiger partial charge is 0.468 e. The number of carbonyl (C=O) groups excluding carboxylic acids is 1. The minimum Gasteiger partial charge on any atom is -0.468 e. The molecule has 0 amide bonds. The number of nitrogens with zero attached hydrogens (tertiary/aromatic N) is 4. The number of hydrogen-bond acceptors (Lipinski definition) is 6. The zero-order chi connectivity index (χ0) is 16.9. The molecule has 0 bridgehead atoms. The smallest absolute Gasteiger partial charge is 0.352 e. The van der Waals surface area contributed by atoms with Crippen LogP contribution in [0.3, 0.4) is 0 Å². The van der Waals surface area contributed by atoms with Crippen molar-refractivity contribution in [3.8, 4) is 0 Å². The van der Waals surface area contributed by atoms with Gasteiger partial charge in [0.1, 0.15) is 17.2 Å². The second kappa shape index (κ2) is 5.45. The number of esters is 1. The van der Waals surface area contributed by atoms with E-state index < -0.39 is 5.97 Å². The maximum Gasteiger partial charge on any atom is 0.352 e. The van der Waals surface area contributed by atoms with Gasteiger partial charge in [0, 0.05) is 10.8 Å². The van der Waals surface area contributed by atoms with E-state index in [0.29, 0.717) is 11.5 Å². The standard InChI is InChI=1S/C15H18N4O3S/c1-7(2)12-16-14-11(8(3)9(4)23-14)13-17-18(6-10(20)22-5)15(21)19(12)13/h7H,6H2,1-5H3. The lowest BCUT2D eigenvalue weighted by Gasteiger charge is -2.07. The molecule has 0 spiro atoms. The Labute approximate surface area is 136 Å². The van der Waals surface area contributed by atoms with E-state index in [2.05, 4.69) is 14.8 Å². The summed E-state index contributed by atoms with van der Waals surface area (Å²) in [5, 5.41) is 5.25. The molecule has 0 aliphatic heterocycles. The van der Waals surface area contributed by atoms with E-state index >= 15 is 0 Å². The summed E-state index contributed by atoms with van der Waals surface area (Å²) in [5.74, 6) is 0.192. The highest BCUT2D eigenvalue weighted by Crippen LogP contribution is 2.32. The normalized spacial score (nSPS) is 11.7. The molecule has 8 heteroatoms. The third-order valence-corrected chi connectivity index (χ3v) is 5.00. The first-order valence-corrected chi connectivity index (χ1v) is 8.12. The maximum absolute atomic E-state index is 12.7. The van der Waals surface area contributed by atoms with E-state index in [1.165, 1.54) is 11.5 Å². The van der Waals surface area contributed by atoms with E-state index in [9.17, 15) is 9.59 Å². The third kappa shape index (κ3) is 2.33. The zero-order valence-electron chi connectivity index (χ0n) is 13.7. The molecule has 23 heavy (non-hydrogen) atoms. The van der Waals surface area contributed by atoms with E-state index in [-0.39, 0.29) is 18.2 Å². The van der Waals surface area contributed by atoms with Crippen LogP contribution in [-0.2, 0) is 16.1 Å². The lowest BCUT2D eigenvalue weighted by atomic mass is 10.2. The van der Waals surface area contributed by atoms with Crippen molar-refractivity contribution in [3.63, 3.8) is 0 Å². The number of methoxy groups -OCH3 is 1. The Hall–Kier alpha value is -2.22. The van der Waals surface area contributed by atoms with Gasteiger partial charge in [-0.25, -0.2) is 18.9 Å². The van der Waals surface area contributed by atoms with Crippen molar-refractivity contribution in [2.24, 2.45) is 0 Å². The van der Waals surface area contributed by atoms with Crippen molar-refractivity contribution in [1.82, 2.24) is 19.2 Å². The average Bonchev–Trinajstić information content (AvgIpc) is 2.96. The van der Waals surface area contributed by atoms with Crippen LogP contribution in [0.2, 0.25) is 0 Å². The van der Waals surface area contributed by atoms with Crippen molar-refractivity contribution in [2.45, 2.75) is 40.2 Å². The van der Waals surface area contributed by atoms with Gasteiger partial charge in [-0.3, -0.25) is 4.79 Å². The fourth-order valence-corrected chi connectivity index (χ4v) is 3.59. The molecule has 0 aliphatic rings. The molecule has 0 unspecified atom stereocenters. The molecule has 0 aliphatic carbocycles. The molecule has 0 aromatic carbocycles. The highest BCUT2D eigenvalue weighted by atomic mass is 32.1. The molecule has 0 saturated heterocycles. The van der Waals surface area contributed by atoms with Crippen molar-refractivity contribution in [1.29, 1.82) is 0 Å². The quantitative estimate of drug-likeness (QED) is 0.685. The van der Waals surface area contributed by atoms with E-state index in [1.807, 2.05) is 27.7 Å². The number of aromatic nitrogens is 4. The Balaban J connectivity index is 2.43. The second-order valence-electron chi connectivity index (χ2n) is 5.76. The molecule has 0 fully saturated rings. The Morgan fingerprint density at radius 3 is 2.65 bits per heavy atom. The predicted molar refractivity (Wildman–Crippen MR) is 88.2 cm³/mol. The Morgan fingerprint density at radius 1 is 1.35 bits per heavy atom. The maximum atomic E-state index is 12.7. The van der Waals surface area contributed by atoms with Gasteiger partial charge in [0.15, 0.2) is 5.65 Å². The number of ether oxygens (including phenoxy) is 1. The van der Waals surface area contributed by atoms with Crippen LogP contribution in [0.5, 0.6) is 0 Å². The van der Waals surface area contributed by atoms with Crippen LogP contribution in [0.1, 0.15) is 36.0 Å². The number of thiophene rings is 1. The molecule has 3 rings (SSSR count). The van der Waals surface area contributed by atoms with Gasteiger partial charge in [0.25, 0.3) is 0 Å². The summed E-state index contributed by atoms with van der Waals surface area (Å²) in [7, 11) is 1.29. The highest BCUT2D eigenvalue weighted by Gasteiger charge is 2.21. The number of hydrogen-bond donors (Lipinski definition) is 0. The van der Waals surface area contributed by atoms with Gasteiger partial charge in [0.2, 0.25) is 0 Å². The van der Waals surface area contributed by atoms with Crippen molar-refractivity contribution >= 4 is 33.2 Å². The van der Waals surface area contributed by atoms with Gasteiger partial charge in [-0.1, -0.05) is 13.8 Å². The van der Waals surface area contributed by atoms with Crippen molar-refractivity contribution in [2.75, 3.05) is 7.11 Å². The Morgan fingerprint density at radius 2 is 2.04 bits per heavy atom. The summed E-state index contributed by atoms with van der Waals surface area (Å²) in [6.45, 7) is 7.76. The molecule has 0 radical (unpaired) electrons. The first-order chi connectivity index (χ1) is 10.8. The Bertz CT molecular complexity index is 980. The molecule has 3 aromatic heterocycles. The lowest BCUT2D eigenvalue weighted by Crippen LogP contribution is -2.27. The summed E-state index contributed by atoms with van der Waals surface area (Å²) >= 11 is 1.59. The molecule has 0 atom stereocenters. The minimum absolute atomic E-state index is 0.0538. The highest BCUT2D eigenvalue weighted by molar-refractivity contribution is 7.18. The van der Waals surface area contributed by atoms with Gasteiger partial charge >= 0.3 is 11.7 Å².